The molecule has 0 saturated carbocycles. The second-order valence-corrected chi connectivity index (χ2v) is 3.67. The third-order valence-corrected chi connectivity index (χ3v) is 2.27. The van der Waals surface area contributed by atoms with Gasteiger partial charge in [0.2, 0.25) is 0 Å². The molecule has 0 radical (unpaired) electrons. The van der Waals surface area contributed by atoms with Crippen molar-refractivity contribution in [1.82, 2.24) is 9.97 Å². The molecule has 106 valence electrons. The number of nitrogens with zero attached hydrogens (tertiary/aromatic N) is 2. The molecule has 0 unspecified atom stereocenters. The Morgan fingerprint density at radius 3 is 2.75 bits per heavy atom. The number of hydrogen-bond acceptors (Lipinski definition) is 6. The normalized spacial score (nSPS) is 10.1. The maximum Gasteiger partial charge on any atom is 0.318 e. The minimum atomic E-state index is -0.630. The van der Waals surface area contributed by atoms with Gasteiger partial charge in [-0.2, -0.15) is 4.98 Å². The Morgan fingerprint density at radius 2 is 2.00 bits per heavy atom. The van der Waals surface area contributed by atoms with Gasteiger partial charge in [0.1, 0.15) is 19.0 Å². The molecule has 7 heteroatoms. The zero-order valence-corrected chi connectivity index (χ0v) is 10.9. The minimum Gasteiger partial charge on any atom is -0.491 e. The van der Waals surface area contributed by atoms with E-state index in [9.17, 15) is 4.39 Å². The Kier molecular flexibility index (Phi) is 5.08. The lowest BCUT2D eigenvalue weighted by Gasteiger charge is -2.09. The predicted molar refractivity (Wildman–Crippen MR) is 70.1 cm³/mol. The summed E-state index contributed by atoms with van der Waals surface area (Å²) in [5.41, 5.74) is 2.39. The number of para-hydroxylation sites is 1. The number of halogens is 1. The second-order valence-electron chi connectivity index (χ2n) is 3.67. The summed E-state index contributed by atoms with van der Waals surface area (Å²) in [5.74, 6) is 0.0253. The first-order chi connectivity index (χ1) is 9.79. The smallest absolute Gasteiger partial charge is 0.318 e. The Morgan fingerprint density at radius 1 is 1.20 bits per heavy atom. The van der Waals surface area contributed by atoms with E-state index >= 15 is 0 Å². The summed E-state index contributed by atoms with van der Waals surface area (Å²) in [6, 6.07) is 9.37. The Bertz CT molecular complexity index is 540. The predicted octanol–water partition coefficient (Wildman–Crippen LogP) is 2.05. The van der Waals surface area contributed by atoms with Crippen LogP contribution in [0.25, 0.3) is 0 Å². The molecule has 6 nitrogen and oxygen atoms in total. The number of ether oxygens (including phenoxy) is 2. The summed E-state index contributed by atoms with van der Waals surface area (Å²) in [5, 5.41) is 0. The fourth-order valence-corrected chi connectivity index (χ4v) is 1.36. The molecule has 1 aromatic carbocycles. The number of hydrogen-bond donors (Lipinski definition) is 1. The third-order valence-electron chi connectivity index (χ3n) is 2.27. The van der Waals surface area contributed by atoms with Gasteiger partial charge >= 0.3 is 6.01 Å². The molecule has 1 heterocycles. The van der Waals surface area contributed by atoms with E-state index in [1.54, 1.807) is 0 Å². The van der Waals surface area contributed by atoms with E-state index in [4.69, 9.17) is 14.3 Å². The highest BCUT2D eigenvalue weighted by Crippen LogP contribution is 2.12. The zero-order chi connectivity index (χ0) is 14.2. The van der Waals surface area contributed by atoms with Gasteiger partial charge < -0.3 is 9.47 Å². The summed E-state index contributed by atoms with van der Waals surface area (Å²) >= 11 is 0. The molecular weight excluding hydrogens is 265 g/mol. The molecule has 20 heavy (non-hydrogen) atoms. The lowest BCUT2D eigenvalue weighted by Crippen LogP contribution is -2.12. The number of nitrogens with one attached hydrogen (secondary N) is 1. The second kappa shape index (κ2) is 7.25. The zero-order valence-electron chi connectivity index (χ0n) is 10.9. The molecule has 1 aromatic heterocycles. The van der Waals surface area contributed by atoms with Crippen molar-refractivity contribution < 1.29 is 18.7 Å². The SMILES string of the molecule is COc1ncc(F)c(NOCCOc2ccccc2)n1. The van der Waals surface area contributed by atoms with Crippen molar-refractivity contribution in [3.8, 4) is 11.8 Å². The van der Waals surface area contributed by atoms with Crippen LogP contribution in [0.5, 0.6) is 11.8 Å². The van der Waals surface area contributed by atoms with Gasteiger partial charge in [0.25, 0.3) is 0 Å². The molecule has 0 aliphatic rings. The third kappa shape index (κ3) is 4.06. The molecule has 0 bridgehead atoms. The minimum absolute atomic E-state index is 0.0537. The first-order valence-electron chi connectivity index (χ1n) is 5.92. The quantitative estimate of drug-likeness (QED) is 0.618. The molecule has 0 aliphatic heterocycles. The van der Waals surface area contributed by atoms with Crippen molar-refractivity contribution in [2.24, 2.45) is 0 Å². The van der Waals surface area contributed by atoms with Crippen LogP contribution in [-0.2, 0) is 4.84 Å². The van der Waals surface area contributed by atoms with Crippen LogP contribution in [0.1, 0.15) is 0 Å². The van der Waals surface area contributed by atoms with Crippen molar-refractivity contribution in [2.75, 3.05) is 25.8 Å². The fraction of sp³-hybridized carbons (Fsp3) is 0.231. The molecule has 1 N–H and O–H groups in total. The number of anilines is 1. The molecule has 2 aromatic rings. The largest absolute Gasteiger partial charge is 0.491 e. The van der Waals surface area contributed by atoms with Crippen molar-refractivity contribution in [2.45, 2.75) is 0 Å². The van der Waals surface area contributed by atoms with Gasteiger partial charge in [-0.15, -0.1) is 0 Å². The first kappa shape index (κ1) is 14.0. The molecule has 0 amide bonds. The van der Waals surface area contributed by atoms with Gasteiger partial charge in [-0.3, -0.25) is 4.84 Å². The van der Waals surface area contributed by atoms with Gasteiger partial charge in [0, 0.05) is 0 Å². The average Bonchev–Trinajstić information content (AvgIpc) is 2.50. The van der Waals surface area contributed by atoms with E-state index in [-0.39, 0.29) is 18.4 Å². The highest BCUT2D eigenvalue weighted by molar-refractivity contribution is 5.33. The Balaban J connectivity index is 1.73. The maximum absolute atomic E-state index is 13.3. The lowest BCUT2D eigenvalue weighted by atomic mass is 10.3. The summed E-state index contributed by atoms with van der Waals surface area (Å²) in [4.78, 5) is 12.4. The van der Waals surface area contributed by atoms with Crippen LogP contribution >= 0.6 is 0 Å². The van der Waals surface area contributed by atoms with Gasteiger partial charge in [-0.1, -0.05) is 18.2 Å². The Hall–Kier alpha value is -2.41. The summed E-state index contributed by atoms with van der Waals surface area (Å²) < 4.78 is 23.5. The average molecular weight is 279 g/mol. The Labute approximate surface area is 115 Å². The number of rotatable bonds is 7. The molecular formula is C13H14FN3O3. The highest BCUT2D eigenvalue weighted by atomic mass is 19.1. The van der Waals surface area contributed by atoms with Crippen LogP contribution in [0, 0.1) is 5.82 Å². The van der Waals surface area contributed by atoms with Crippen molar-refractivity contribution in [3.05, 3.63) is 42.3 Å². The van der Waals surface area contributed by atoms with Crippen LogP contribution < -0.4 is 15.0 Å². The summed E-state index contributed by atoms with van der Waals surface area (Å²) in [7, 11) is 1.39. The monoisotopic (exact) mass is 279 g/mol. The lowest BCUT2D eigenvalue weighted by molar-refractivity contribution is 0.141. The van der Waals surface area contributed by atoms with Crippen LogP contribution in [0.4, 0.5) is 10.2 Å². The van der Waals surface area contributed by atoms with Gasteiger partial charge in [-0.05, 0) is 12.1 Å². The first-order valence-corrected chi connectivity index (χ1v) is 5.92. The number of methoxy groups -OCH3 is 1. The van der Waals surface area contributed by atoms with Crippen LogP contribution in [0.15, 0.2) is 36.5 Å². The van der Waals surface area contributed by atoms with Gasteiger partial charge in [0.05, 0.1) is 13.3 Å². The summed E-state index contributed by atoms with van der Waals surface area (Å²) in [6.07, 6.45) is 0.998. The van der Waals surface area contributed by atoms with Crippen LogP contribution in [0.2, 0.25) is 0 Å². The number of aromatic nitrogens is 2. The maximum atomic E-state index is 13.3. The van der Waals surface area contributed by atoms with Crippen molar-refractivity contribution in [1.29, 1.82) is 0 Å². The van der Waals surface area contributed by atoms with E-state index in [0.29, 0.717) is 6.61 Å². The fourth-order valence-electron chi connectivity index (χ4n) is 1.36. The molecule has 2 rings (SSSR count). The molecule has 0 aliphatic carbocycles. The molecule has 0 atom stereocenters. The van der Waals surface area contributed by atoms with E-state index < -0.39 is 5.82 Å². The van der Waals surface area contributed by atoms with Crippen molar-refractivity contribution in [3.63, 3.8) is 0 Å². The van der Waals surface area contributed by atoms with E-state index in [1.807, 2.05) is 30.3 Å². The summed E-state index contributed by atoms with van der Waals surface area (Å²) in [6.45, 7) is 0.543. The van der Waals surface area contributed by atoms with Gasteiger partial charge in [0.15, 0.2) is 11.6 Å². The highest BCUT2D eigenvalue weighted by Gasteiger charge is 2.06. The van der Waals surface area contributed by atoms with E-state index in [1.165, 1.54) is 7.11 Å². The molecule has 0 spiro atoms. The van der Waals surface area contributed by atoms with Crippen LogP contribution in [0.3, 0.4) is 0 Å². The van der Waals surface area contributed by atoms with Gasteiger partial charge in [-0.25, -0.2) is 14.9 Å². The van der Waals surface area contributed by atoms with E-state index in [0.717, 1.165) is 11.9 Å². The standard InChI is InChI=1S/C13H14FN3O3/c1-18-13-15-9-11(14)12(16-13)17-20-8-7-19-10-5-3-2-4-6-10/h2-6,9H,7-8H2,1H3,(H,15,16,17). The van der Waals surface area contributed by atoms with Crippen LogP contribution in [-0.4, -0.2) is 30.3 Å². The molecule has 0 saturated heterocycles. The van der Waals surface area contributed by atoms with E-state index in [2.05, 4.69) is 15.4 Å². The topological polar surface area (TPSA) is 65.5 Å². The molecule has 0 fully saturated rings. The number of benzene rings is 1. The van der Waals surface area contributed by atoms with Crippen molar-refractivity contribution >= 4 is 5.82 Å².